The van der Waals surface area contributed by atoms with Crippen LogP contribution in [0, 0.1) is 5.41 Å². The van der Waals surface area contributed by atoms with Gasteiger partial charge in [0.15, 0.2) is 0 Å². The molecule has 0 aliphatic heterocycles. The molecule has 0 saturated heterocycles. The number of hydrogen-bond donors (Lipinski definition) is 3. The molecule has 94 valence electrons. The Balaban J connectivity index is 2.48. The molecule has 0 radical (unpaired) electrons. The summed E-state index contributed by atoms with van der Waals surface area (Å²) in [6, 6.07) is 0. The van der Waals surface area contributed by atoms with Gasteiger partial charge in [-0.25, -0.2) is 4.57 Å². The first-order valence-electron chi connectivity index (χ1n) is 4.88. The van der Waals surface area contributed by atoms with E-state index in [0.29, 0.717) is 0 Å². The molecule has 0 aromatic rings. The first-order chi connectivity index (χ1) is 7.97. The minimum Gasteiger partial charge on any atom is -0.303 e. The third kappa shape index (κ3) is 5.21. The Hall–Kier alpha value is -1.04. The topological polar surface area (TPSA) is 95.9 Å². The normalized spacial score (nSPS) is 18.0. The van der Waals surface area contributed by atoms with Crippen molar-refractivity contribution in [1.29, 1.82) is 0 Å². The van der Waals surface area contributed by atoms with Crippen LogP contribution in [0.3, 0.4) is 0 Å². The van der Waals surface area contributed by atoms with Gasteiger partial charge in [-0.1, -0.05) is 36.5 Å². The monoisotopic (exact) mass is 259 g/mol. The Morgan fingerprint density at radius 2 is 1.82 bits per heavy atom. The lowest BCUT2D eigenvalue weighted by atomic mass is 9.89. The highest BCUT2D eigenvalue weighted by molar-refractivity contribution is 7.46. The van der Waals surface area contributed by atoms with Crippen LogP contribution in [0.1, 0.15) is 0 Å². The molecule has 0 atom stereocenters. The number of rotatable bonds is 6. The van der Waals surface area contributed by atoms with Crippen LogP contribution in [0.2, 0.25) is 0 Å². The number of allylic oxidation sites excluding steroid dienone is 4. The van der Waals surface area contributed by atoms with E-state index >= 15 is 0 Å². The van der Waals surface area contributed by atoms with Crippen molar-refractivity contribution in [3.63, 3.8) is 0 Å². The third-order valence-corrected chi connectivity index (χ3v) is 2.60. The second kappa shape index (κ2) is 6.05. The largest absolute Gasteiger partial charge is 0.470 e. The number of nitrogens with one attached hydrogen (secondary N) is 1. The van der Waals surface area contributed by atoms with Crippen LogP contribution in [-0.2, 0) is 13.9 Å². The predicted molar refractivity (Wildman–Crippen MR) is 61.9 cm³/mol. The highest BCUT2D eigenvalue weighted by Crippen LogP contribution is 2.34. The lowest BCUT2D eigenvalue weighted by Crippen LogP contribution is -2.33. The average Bonchev–Trinajstić information content (AvgIpc) is 2.49. The van der Waals surface area contributed by atoms with Crippen LogP contribution in [0.5, 0.6) is 0 Å². The number of carbonyl (C=O) groups is 1. The van der Waals surface area contributed by atoms with Gasteiger partial charge in [-0.3, -0.25) is 9.84 Å². The van der Waals surface area contributed by atoms with Crippen molar-refractivity contribution in [1.82, 2.24) is 5.32 Å². The zero-order valence-corrected chi connectivity index (χ0v) is 9.92. The molecule has 0 fully saturated rings. The van der Waals surface area contributed by atoms with Crippen LogP contribution in [0.25, 0.3) is 0 Å². The van der Waals surface area contributed by atoms with Gasteiger partial charge in [0.05, 0.1) is 5.41 Å². The quantitative estimate of drug-likeness (QED) is 0.278. The fraction of sp³-hybridized carbons (Fsp3) is 0.300. The summed E-state index contributed by atoms with van der Waals surface area (Å²) in [7, 11) is -4.47. The number of phosphoric acid groups is 1. The molecule has 17 heavy (non-hydrogen) atoms. The van der Waals surface area contributed by atoms with Gasteiger partial charge < -0.3 is 14.6 Å². The van der Waals surface area contributed by atoms with E-state index < -0.39 is 13.2 Å². The van der Waals surface area contributed by atoms with Crippen molar-refractivity contribution < 1.29 is 23.7 Å². The van der Waals surface area contributed by atoms with Crippen LogP contribution >= 0.6 is 7.82 Å². The number of hydrogen-bond acceptors (Lipinski definition) is 4. The molecule has 0 saturated carbocycles. The molecule has 7 heteroatoms. The number of aldehydes is 1. The van der Waals surface area contributed by atoms with E-state index in [1.54, 1.807) is 36.5 Å². The van der Waals surface area contributed by atoms with Crippen molar-refractivity contribution in [2.75, 3.05) is 13.3 Å². The highest BCUT2D eigenvalue weighted by atomic mass is 31.2. The highest BCUT2D eigenvalue weighted by Gasteiger charge is 2.23. The molecule has 1 aliphatic carbocycles. The molecule has 0 heterocycles. The summed E-state index contributed by atoms with van der Waals surface area (Å²) in [4.78, 5) is 28.0. The van der Waals surface area contributed by atoms with Gasteiger partial charge in [0.1, 0.15) is 13.0 Å². The fourth-order valence-corrected chi connectivity index (χ4v) is 1.55. The van der Waals surface area contributed by atoms with Gasteiger partial charge in [0.2, 0.25) is 0 Å². The van der Waals surface area contributed by atoms with Gasteiger partial charge in [-0.05, 0) is 0 Å². The van der Waals surface area contributed by atoms with Crippen LogP contribution in [-0.4, -0.2) is 29.3 Å². The lowest BCUT2D eigenvalue weighted by Gasteiger charge is -2.20. The van der Waals surface area contributed by atoms with Crippen LogP contribution in [0.4, 0.5) is 0 Å². The molecule has 0 unspecified atom stereocenters. The van der Waals surface area contributed by atoms with Crippen molar-refractivity contribution in [3.8, 4) is 0 Å². The summed E-state index contributed by atoms with van der Waals surface area (Å²) in [5.74, 6) is 0. The van der Waals surface area contributed by atoms with Gasteiger partial charge >= 0.3 is 7.82 Å². The maximum absolute atomic E-state index is 11.1. The molecule has 3 N–H and O–H groups in total. The maximum atomic E-state index is 11.1. The van der Waals surface area contributed by atoms with E-state index in [4.69, 9.17) is 9.79 Å². The molecular formula is C10H14NO5P. The third-order valence-electron chi connectivity index (χ3n) is 2.13. The Morgan fingerprint density at radius 1 is 1.24 bits per heavy atom. The molecule has 6 nitrogen and oxygen atoms in total. The number of phosphoric ester groups is 1. The molecular weight excluding hydrogens is 245 g/mol. The average molecular weight is 259 g/mol. The minimum absolute atomic E-state index is 0.200. The van der Waals surface area contributed by atoms with Crippen LogP contribution in [0.15, 0.2) is 36.5 Å². The first-order valence-corrected chi connectivity index (χ1v) is 6.41. The van der Waals surface area contributed by atoms with E-state index in [0.717, 1.165) is 6.29 Å². The lowest BCUT2D eigenvalue weighted by molar-refractivity contribution is -0.112. The van der Waals surface area contributed by atoms with Crippen molar-refractivity contribution >= 4 is 14.1 Å². The van der Waals surface area contributed by atoms with Gasteiger partial charge in [0.25, 0.3) is 0 Å². The number of carbonyl (C=O) groups excluding carboxylic acids is 1. The van der Waals surface area contributed by atoms with Gasteiger partial charge in [-0.15, -0.1) is 0 Å². The zero-order chi connectivity index (χ0) is 12.8. The van der Waals surface area contributed by atoms with Crippen molar-refractivity contribution in [2.24, 2.45) is 5.41 Å². The van der Waals surface area contributed by atoms with Gasteiger partial charge in [-0.2, -0.15) is 0 Å². The van der Waals surface area contributed by atoms with E-state index in [1.165, 1.54) is 0 Å². The minimum atomic E-state index is -4.47. The molecule has 0 spiro atoms. The van der Waals surface area contributed by atoms with Crippen molar-refractivity contribution in [3.05, 3.63) is 36.5 Å². The molecule has 0 amide bonds. The predicted octanol–water partition coefficient (Wildman–Crippen LogP) is 0.510. The maximum Gasteiger partial charge on any atom is 0.470 e. The Labute approximate surface area is 98.9 Å². The molecule has 0 aromatic heterocycles. The van der Waals surface area contributed by atoms with Crippen LogP contribution < -0.4 is 5.32 Å². The van der Waals surface area contributed by atoms with E-state index in [2.05, 4.69) is 9.84 Å². The SMILES string of the molecule is O=CC1(CNCOP(=O)(O)O)C=CC=CC=C1. The fourth-order valence-electron chi connectivity index (χ4n) is 1.29. The molecule has 1 rings (SSSR count). The second-order valence-electron chi connectivity index (χ2n) is 3.52. The molecule has 0 aromatic carbocycles. The van der Waals surface area contributed by atoms with E-state index in [1.807, 2.05) is 0 Å². The summed E-state index contributed by atoms with van der Waals surface area (Å²) < 4.78 is 14.6. The second-order valence-corrected chi connectivity index (χ2v) is 4.76. The standard InChI is InChI=1S/C10H14NO5P/c12-8-10(5-3-1-2-4-6-10)7-11-9-16-17(13,14)15/h1-6,8,11H,7,9H2,(H2,13,14,15). The summed E-state index contributed by atoms with van der Waals surface area (Å²) >= 11 is 0. The summed E-state index contributed by atoms with van der Waals surface area (Å²) in [5.41, 5.74) is -0.818. The summed E-state index contributed by atoms with van der Waals surface area (Å²) in [6.07, 6.45) is 11.2. The first kappa shape index (κ1) is 14.0. The summed E-state index contributed by atoms with van der Waals surface area (Å²) in [6.45, 7) is -0.125. The summed E-state index contributed by atoms with van der Waals surface area (Å²) in [5, 5.41) is 2.66. The molecule has 1 aliphatic rings. The van der Waals surface area contributed by atoms with Crippen molar-refractivity contribution in [2.45, 2.75) is 0 Å². The Bertz CT molecular complexity index is 380. The Morgan fingerprint density at radius 3 is 2.29 bits per heavy atom. The van der Waals surface area contributed by atoms with E-state index in [9.17, 15) is 9.36 Å². The van der Waals surface area contributed by atoms with E-state index in [-0.39, 0.29) is 13.3 Å². The zero-order valence-electron chi connectivity index (χ0n) is 9.02. The molecule has 0 bridgehead atoms. The smallest absolute Gasteiger partial charge is 0.303 e. The Kier molecular flexibility index (Phi) is 4.99. The van der Waals surface area contributed by atoms with Gasteiger partial charge in [0, 0.05) is 6.54 Å².